The predicted octanol–water partition coefficient (Wildman–Crippen LogP) is 4.10. The van der Waals surface area contributed by atoms with Crippen molar-refractivity contribution in [3.63, 3.8) is 0 Å². The van der Waals surface area contributed by atoms with Crippen LogP contribution in [0.4, 0.5) is 0 Å². The van der Waals surface area contributed by atoms with Gasteiger partial charge in [0.25, 0.3) is 0 Å². The molecule has 0 fully saturated rings. The Bertz CT molecular complexity index is 800. The fourth-order valence-electron chi connectivity index (χ4n) is 2.27. The molecule has 0 aliphatic rings. The third kappa shape index (κ3) is 3.29. The van der Waals surface area contributed by atoms with E-state index in [0.29, 0.717) is 5.16 Å². The van der Waals surface area contributed by atoms with Crippen LogP contribution in [0.5, 0.6) is 0 Å². The Labute approximate surface area is 138 Å². The van der Waals surface area contributed by atoms with Crippen molar-refractivity contribution in [1.82, 2.24) is 9.55 Å². The third-order valence-corrected chi connectivity index (χ3v) is 4.50. The molecule has 1 aromatic heterocycles. The summed E-state index contributed by atoms with van der Waals surface area (Å²) in [6.07, 6.45) is 1.79. The molecule has 0 amide bonds. The average molecular weight is 324 g/mol. The van der Waals surface area contributed by atoms with Crippen LogP contribution >= 0.6 is 11.8 Å². The Kier molecular flexibility index (Phi) is 4.48. The lowest BCUT2D eigenvalue weighted by molar-refractivity contribution is -0.136. The summed E-state index contributed by atoms with van der Waals surface area (Å²) in [4.78, 5) is 15.6. The molecule has 1 unspecified atom stereocenters. The molecule has 0 bridgehead atoms. The maximum atomic E-state index is 11.2. The first-order valence-corrected chi connectivity index (χ1v) is 8.13. The van der Waals surface area contributed by atoms with Gasteiger partial charge in [0, 0.05) is 11.3 Å². The van der Waals surface area contributed by atoms with Gasteiger partial charge >= 0.3 is 5.97 Å². The molecule has 1 atom stereocenters. The zero-order chi connectivity index (χ0) is 16.2. The molecule has 23 heavy (non-hydrogen) atoms. The predicted molar refractivity (Wildman–Crippen MR) is 92.0 cm³/mol. The van der Waals surface area contributed by atoms with Crippen LogP contribution in [-0.4, -0.2) is 25.9 Å². The van der Waals surface area contributed by atoms with E-state index in [9.17, 15) is 9.90 Å². The molecule has 3 aromatic rings. The summed E-state index contributed by atoms with van der Waals surface area (Å²) in [5.74, 6) is -0.848. The Morgan fingerprint density at radius 1 is 1.09 bits per heavy atom. The van der Waals surface area contributed by atoms with Crippen LogP contribution in [0.15, 0.2) is 72.0 Å². The SMILES string of the molecule is CC(Sc1ncc(-c2ccccc2)n1-c1ccccc1)C(=O)O. The Morgan fingerprint density at radius 3 is 2.30 bits per heavy atom. The summed E-state index contributed by atoms with van der Waals surface area (Å²) in [6.45, 7) is 1.67. The monoisotopic (exact) mass is 324 g/mol. The Morgan fingerprint density at radius 2 is 1.70 bits per heavy atom. The summed E-state index contributed by atoms with van der Waals surface area (Å²) in [5.41, 5.74) is 2.94. The number of nitrogens with zero attached hydrogens (tertiary/aromatic N) is 2. The van der Waals surface area contributed by atoms with Gasteiger partial charge in [-0.1, -0.05) is 60.3 Å². The largest absolute Gasteiger partial charge is 0.480 e. The molecular weight excluding hydrogens is 308 g/mol. The van der Waals surface area contributed by atoms with Crippen LogP contribution in [0.25, 0.3) is 16.9 Å². The molecule has 0 saturated heterocycles. The molecule has 0 radical (unpaired) electrons. The molecule has 4 nitrogen and oxygen atoms in total. The van der Waals surface area contributed by atoms with Gasteiger partial charge in [-0.05, 0) is 19.1 Å². The van der Waals surface area contributed by atoms with E-state index in [1.54, 1.807) is 13.1 Å². The lowest BCUT2D eigenvalue weighted by Crippen LogP contribution is -2.12. The highest BCUT2D eigenvalue weighted by molar-refractivity contribution is 8.00. The fourth-order valence-corrected chi connectivity index (χ4v) is 3.11. The van der Waals surface area contributed by atoms with E-state index in [1.807, 2.05) is 65.2 Å². The first-order chi connectivity index (χ1) is 11.2. The first-order valence-electron chi connectivity index (χ1n) is 7.25. The second-order valence-electron chi connectivity index (χ2n) is 5.06. The van der Waals surface area contributed by atoms with Crippen LogP contribution < -0.4 is 0 Å². The fraction of sp³-hybridized carbons (Fsp3) is 0.111. The zero-order valence-corrected chi connectivity index (χ0v) is 13.4. The van der Waals surface area contributed by atoms with Crippen molar-refractivity contribution < 1.29 is 9.90 Å². The van der Waals surface area contributed by atoms with Gasteiger partial charge in [0.05, 0.1) is 11.9 Å². The van der Waals surface area contributed by atoms with Gasteiger partial charge in [0.15, 0.2) is 5.16 Å². The minimum Gasteiger partial charge on any atom is -0.480 e. The van der Waals surface area contributed by atoms with Crippen molar-refractivity contribution >= 4 is 17.7 Å². The number of aromatic nitrogens is 2. The second kappa shape index (κ2) is 6.71. The number of rotatable bonds is 5. The maximum Gasteiger partial charge on any atom is 0.316 e. The van der Waals surface area contributed by atoms with Crippen LogP contribution in [-0.2, 0) is 4.79 Å². The number of para-hydroxylation sites is 1. The van der Waals surface area contributed by atoms with Gasteiger partial charge in [-0.2, -0.15) is 0 Å². The highest BCUT2D eigenvalue weighted by Gasteiger charge is 2.19. The smallest absolute Gasteiger partial charge is 0.316 e. The van der Waals surface area contributed by atoms with Gasteiger partial charge in [0.1, 0.15) is 5.25 Å². The second-order valence-corrected chi connectivity index (χ2v) is 6.37. The molecule has 2 aromatic carbocycles. The van der Waals surface area contributed by atoms with Gasteiger partial charge < -0.3 is 5.11 Å². The van der Waals surface area contributed by atoms with Gasteiger partial charge in [-0.3, -0.25) is 9.36 Å². The number of imidazole rings is 1. The number of carboxylic acid groups (broad SMARTS) is 1. The van der Waals surface area contributed by atoms with Crippen LogP contribution in [0.1, 0.15) is 6.92 Å². The molecule has 1 N–H and O–H groups in total. The number of benzene rings is 2. The molecule has 0 aliphatic heterocycles. The number of thioether (sulfide) groups is 1. The van der Waals surface area contributed by atoms with Crippen molar-refractivity contribution in [1.29, 1.82) is 0 Å². The molecule has 1 heterocycles. The van der Waals surface area contributed by atoms with Crippen molar-refractivity contribution in [3.05, 3.63) is 66.9 Å². The van der Waals surface area contributed by atoms with Crippen molar-refractivity contribution in [3.8, 4) is 16.9 Å². The summed E-state index contributed by atoms with van der Waals surface area (Å²) in [5, 5.41) is 9.28. The van der Waals surface area contributed by atoms with Gasteiger partial charge in [-0.15, -0.1) is 0 Å². The van der Waals surface area contributed by atoms with Crippen LogP contribution in [0, 0.1) is 0 Å². The maximum absolute atomic E-state index is 11.2. The minimum atomic E-state index is -0.848. The third-order valence-electron chi connectivity index (χ3n) is 3.44. The normalized spacial score (nSPS) is 12.0. The molecular formula is C18H16N2O2S. The molecule has 3 rings (SSSR count). The molecule has 0 saturated carbocycles. The highest BCUT2D eigenvalue weighted by atomic mass is 32.2. The number of carboxylic acids is 1. The summed E-state index contributed by atoms with van der Waals surface area (Å²) < 4.78 is 2.00. The van der Waals surface area contributed by atoms with E-state index in [4.69, 9.17) is 0 Å². The quantitative estimate of drug-likeness (QED) is 0.718. The average Bonchev–Trinajstić information content (AvgIpc) is 3.00. The molecule has 0 aliphatic carbocycles. The minimum absolute atomic E-state index is 0.566. The summed E-state index contributed by atoms with van der Waals surface area (Å²) in [7, 11) is 0. The van der Waals surface area contributed by atoms with E-state index in [-0.39, 0.29) is 0 Å². The molecule has 116 valence electrons. The Balaban J connectivity index is 2.11. The van der Waals surface area contributed by atoms with Crippen molar-refractivity contribution in [2.45, 2.75) is 17.3 Å². The van der Waals surface area contributed by atoms with Gasteiger partial charge in [0.2, 0.25) is 0 Å². The molecule has 5 heteroatoms. The number of hydrogen-bond acceptors (Lipinski definition) is 3. The lowest BCUT2D eigenvalue weighted by Gasteiger charge is -2.13. The van der Waals surface area contributed by atoms with Crippen LogP contribution in [0.3, 0.4) is 0 Å². The van der Waals surface area contributed by atoms with E-state index >= 15 is 0 Å². The number of aliphatic carboxylic acids is 1. The van der Waals surface area contributed by atoms with E-state index in [0.717, 1.165) is 16.9 Å². The Hall–Kier alpha value is -2.53. The van der Waals surface area contributed by atoms with Gasteiger partial charge in [-0.25, -0.2) is 4.98 Å². The van der Waals surface area contributed by atoms with E-state index < -0.39 is 11.2 Å². The summed E-state index contributed by atoms with van der Waals surface area (Å²) >= 11 is 1.24. The highest BCUT2D eigenvalue weighted by Crippen LogP contribution is 2.31. The standard InChI is InChI=1S/C18H16N2O2S/c1-13(17(21)22)23-18-19-12-16(14-8-4-2-5-9-14)20(18)15-10-6-3-7-11-15/h2-13H,1H3,(H,21,22). The number of hydrogen-bond donors (Lipinski definition) is 1. The van der Waals surface area contributed by atoms with E-state index in [1.165, 1.54) is 11.8 Å². The molecule has 0 spiro atoms. The first kappa shape index (κ1) is 15.4. The number of carbonyl (C=O) groups is 1. The zero-order valence-electron chi connectivity index (χ0n) is 12.6. The van der Waals surface area contributed by atoms with Crippen molar-refractivity contribution in [2.24, 2.45) is 0 Å². The lowest BCUT2D eigenvalue weighted by atomic mass is 10.1. The topological polar surface area (TPSA) is 55.1 Å². The van der Waals surface area contributed by atoms with Crippen molar-refractivity contribution in [2.75, 3.05) is 0 Å². The van der Waals surface area contributed by atoms with Crippen LogP contribution in [0.2, 0.25) is 0 Å². The summed E-state index contributed by atoms with van der Waals surface area (Å²) in [6, 6.07) is 19.8. The van der Waals surface area contributed by atoms with E-state index in [2.05, 4.69) is 4.98 Å².